The van der Waals surface area contributed by atoms with E-state index in [1.54, 1.807) is 17.3 Å². The Morgan fingerprint density at radius 3 is 3.31 bits per heavy atom. The molecule has 5 nitrogen and oxygen atoms in total. The first-order valence-corrected chi connectivity index (χ1v) is 5.35. The van der Waals surface area contributed by atoms with Gasteiger partial charge in [0.15, 0.2) is 0 Å². The van der Waals surface area contributed by atoms with Gasteiger partial charge in [-0.15, -0.1) is 6.58 Å². The summed E-state index contributed by atoms with van der Waals surface area (Å²) in [4.78, 5) is 17.8. The lowest BCUT2D eigenvalue weighted by molar-refractivity contribution is 0.192. The summed E-state index contributed by atoms with van der Waals surface area (Å²) in [5.74, 6) is 0. The van der Waals surface area contributed by atoms with Crippen LogP contribution in [0.4, 0.5) is 4.79 Å². The number of nitrogens with one attached hydrogen (secondary N) is 1. The van der Waals surface area contributed by atoms with Crippen LogP contribution in [-0.2, 0) is 20.0 Å². The van der Waals surface area contributed by atoms with Crippen LogP contribution in [-0.4, -0.2) is 33.6 Å². The van der Waals surface area contributed by atoms with Crippen molar-refractivity contribution >= 4 is 6.03 Å². The van der Waals surface area contributed by atoms with E-state index in [0.717, 1.165) is 24.4 Å². The van der Waals surface area contributed by atoms with E-state index in [0.29, 0.717) is 13.1 Å². The number of fused-ring (bicyclic) bond motifs is 1. The Morgan fingerprint density at radius 1 is 1.75 bits per heavy atom. The van der Waals surface area contributed by atoms with Gasteiger partial charge in [0.1, 0.15) is 0 Å². The van der Waals surface area contributed by atoms with E-state index in [1.165, 1.54) is 0 Å². The molecule has 0 spiro atoms. The zero-order valence-electron chi connectivity index (χ0n) is 9.44. The number of carbonyl (C=O) groups excluding carboxylic acids is 1. The van der Waals surface area contributed by atoms with Gasteiger partial charge in [-0.25, -0.2) is 9.78 Å². The van der Waals surface area contributed by atoms with E-state index in [2.05, 4.69) is 16.9 Å². The van der Waals surface area contributed by atoms with Gasteiger partial charge in [-0.05, 0) is 0 Å². The van der Waals surface area contributed by atoms with Crippen LogP contribution in [0.25, 0.3) is 0 Å². The molecule has 0 fully saturated rings. The fourth-order valence-corrected chi connectivity index (χ4v) is 1.86. The van der Waals surface area contributed by atoms with Crippen molar-refractivity contribution in [3.05, 3.63) is 30.4 Å². The summed E-state index contributed by atoms with van der Waals surface area (Å²) in [5, 5.41) is 2.78. The van der Waals surface area contributed by atoms with Gasteiger partial charge in [0.25, 0.3) is 0 Å². The largest absolute Gasteiger partial charge is 0.336 e. The Kier molecular flexibility index (Phi) is 2.94. The highest BCUT2D eigenvalue weighted by molar-refractivity contribution is 5.74. The molecule has 0 unspecified atom stereocenters. The van der Waals surface area contributed by atoms with Crippen molar-refractivity contribution in [1.29, 1.82) is 0 Å². The number of imidazole rings is 1. The smallest absolute Gasteiger partial charge is 0.318 e. The lowest BCUT2D eigenvalue weighted by Gasteiger charge is -2.27. The SMILES string of the molecule is C=CCNC(=O)N1CCc2ncn(C)c2C1. The zero-order valence-corrected chi connectivity index (χ0v) is 9.44. The molecule has 1 aromatic rings. The molecule has 1 N–H and O–H groups in total. The number of urea groups is 1. The molecule has 0 bridgehead atoms. The van der Waals surface area contributed by atoms with Crippen molar-refractivity contribution in [2.45, 2.75) is 13.0 Å². The number of hydrogen-bond donors (Lipinski definition) is 1. The molecular formula is C11H16N4O. The van der Waals surface area contributed by atoms with Crippen molar-refractivity contribution in [3.8, 4) is 0 Å². The van der Waals surface area contributed by atoms with Gasteiger partial charge in [-0.2, -0.15) is 0 Å². The monoisotopic (exact) mass is 220 g/mol. The quantitative estimate of drug-likeness (QED) is 0.745. The average molecular weight is 220 g/mol. The Balaban J connectivity index is 2.04. The van der Waals surface area contributed by atoms with Crippen LogP contribution in [0.2, 0.25) is 0 Å². The van der Waals surface area contributed by atoms with Crippen LogP contribution < -0.4 is 5.32 Å². The minimum absolute atomic E-state index is 0.0354. The first-order chi connectivity index (χ1) is 7.72. The van der Waals surface area contributed by atoms with Crippen molar-refractivity contribution in [1.82, 2.24) is 19.8 Å². The molecule has 1 aliphatic heterocycles. The highest BCUT2D eigenvalue weighted by atomic mass is 16.2. The Labute approximate surface area is 94.8 Å². The summed E-state index contributed by atoms with van der Waals surface area (Å²) in [6, 6.07) is -0.0354. The summed E-state index contributed by atoms with van der Waals surface area (Å²) in [6.07, 6.45) is 4.31. The Bertz CT molecular complexity index is 410. The summed E-state index contributed by atoms with van der Waals surface area (Å²) in [6.45, 7) is 5.44. The van der Waals surface area contributed by atoms with Crippen molar-refractivity contribution in [2.24, 2.45) is 7.05 Å². The number of aryl methyl sites for hydroxylation is 1. The molecule has 2 rings (SSSR count). The predicted octanol–water partition coefficient (Wildman–Crippen LogP) is 0.674. The van der Waals surface area contributed by atoms with Gasteiger partial charge in [-0.1, -0.05) is 6.08 Å². The lowest BCUT2D eigenvalue weighted by atomic mass is 10.1. The molecule has 0 saturated carbocycles. The van der Waals surface area contributed by atoms with E-state index in [4.69, 9.17) is 0 Å². The van der Waals surface area contributed by atoms with Crippen LogP contribution in [0.15, 0.2) is 19.0 Å². The first-order valence-electron chi connectivity index (χ1n) is 5.35. The summed E-state index contributed by atoms with van der Waals surface area (Å²) in [5.41, 5.74) is 2.23. The molecule has 0 saturated heterocycles. The van der Waals surface area contributed by atoms with Gasteiger partial charge in [-0.3, -0.25) is 0 Å². The number of nitrogens with zero attached hydrogens (tertiary/aromatic N) is 3. The number of amides is 2. The van der Waals surface area contributed by atoms with Crippen LogP contribution in [0.3, 0.4) is 0 Å². The fraction of sp³-hybridized carbons (Fsp3) is 0.455. The molecule has 16 heavy (non-hydrogen) atoms. The molecule has 0 atom stereocenters. The molecule has 2 amide bonds. The third-order valence-corrected chi connectivity index (χ3v) is 2.79. The van der Waals surface area contributed by atoms with Gasteiger partial charge in [0.2, 0.25) is 0 Å². The van der Waals surface area contributed by atoms with Crippen molar-refractivity contribution in [3.63, 3.8) is 0 Å². The number of aromatic nitrogens is 2. The maximum atomic E-state index is 11.7. The molecule has 0 aliphatic carbocycles. The van der Waals surface area contributed by atoms with E-state index < -0.39 is 0 Å². The molecule has 1 aliphatic rings. The minimum Gasteiger partial charge on any atom is -0.336 e. The van der Waals surface area contributed by atoms with Gasteiger partial charge >= 0.3 is 6.03 Å². The third-order valence-electron chi connectivity index (χ3n) is 2.79. The van der Waals surface area contributed by atoms with E-state index >= 15 is 0 Å². The lowest BCUT2D eigenvalue weighted by Crippen LogP contribution is -2.43. The second-order valence-electron chi connectivity index (χ2n) is 3.90. The highest BCUT2D eigenvalue weighted by Crippen LogP contribution is 2.16. The average Bonchev–Trinajstić information content (AvgIpc) is 2.67. The number of carbonyl (C=O) groups is 1. The zero-order chi connectivity index (χ0) is 11.5. The summed E-state index contributed by atoms with van der Waals surface area (Å²) < 4.78 is 1.97. The van der Waals surface area contributed by atoms with Gasteiger partial charge in [0.05, 0.1) is 24.3 Å². The third kappa shape index (κ3) is 1.93. The summed E-state index contributed by atoms with van der Waals surface area (Å²) in [7, 11) is 1.96. The van der Waals surface area contributed by atoms with E-state index in [9.17, 15) is 4.79 Å². The molecule has 1 aromatic heterocycles. The van der Waals surface area contributed by atoms with Crippen LogP contribution >= 0.6 is 0 Å². The standard InChI is InChI=1S/C11H16N4O/c1-3-5-12-11(16)15-6-4-9-10(7-15)14(2)8-13-9/h3,8H,1,4-7H2,2H3,(H,12,16). The van der Waals surface area contributed by atoms with Crippen molar-refractivity contribution in [2.75, 3.05) is 13.1 Å². The molecule has 2 heterocycles. The molecule has 86 valence electrons. The van der Waals surface area contributed by atoms with E-state index in [1.807, 2.05) is 11.6 Å². The normalized spacial score (nSPS) is 14.4. The van der Waals surface area contributed by atoms with Crippen LogP contribution in [0, 0.1) is 0 Å². The maximum absolute atomic E-state index is 11.7. The molecule has 0 aromatic carbocycles. The van der Waals surface area contributed by atoms with Gasteiger partial charge in [0, 0.05) is 26.6 Å². The van der Waals surface area contributed by atoms with E-state index in [-0.39, 0.29) is 6.03 Å². The summed E-state index contributed by atoms with van der Waals surface area (Å²) >= 11 is 0. The number of rotatable bonds is 2. The minimum atomic E-state index is -0.0354. The van der Waals surface area contributed by atoms with Crippen molar-refractivity contribution < 1.29 is 4.79 Å². The second-order valence-corrected chi connectivity index (χ2v) is 3.90. The number of hydrogen-bond acceptors (Lipinski definition) is 2. The van der Waals surface area contributed by atoms with Gasteiger partial charge < -0.3 is 14.8 Å². The topological polar surface area (TPSA) is 50.2 Å². The van der Waals surface area contributed by atoms with Crippen LogP contribution in [0.5, 0.6) is 0 Å². The Hall–Kier alpha value is -1.78. The second kappa shape index (κ2) is 4.38. The molecule has 5 heteroatoms. The predicted molar refractivity (Wildman–Crippen MR) is 60.9 cm³/mol. The Morgan fingerprint density at radius 2 is 2.56 bits per heavy atom. The molecule has 0 radical (unpaired) electrons. The molecular weight excluding hydrogens is 204 g/mol. The highest BCUT2D eigenvalue weighted by Gasteiger charge is 2.22. The van der Waals surface area contributed by atoms with Crippen LogP contribution in [0.1, 0.15) is 11.4 Å². The fourth-order valence-electron chi connectivity index (χ4n) is 1.86. The maximum Gasteiger partial charge on any atom is 0.318 e. The first kappa shape index (κ1) is 10.7.